The second kappa shape index (κ2) is 6.28. The van der Waals surface area contributed by atoms with E-state index in [4.69, 9.17) is 4.43 Å². The highest BCUT2D eigenvalue weighted by Gasteiger charge is 2.43. The van der Waals surface area contributed by atoms with Crippen molar-refractivity contribution in [3.05, 3.63) is 12.7 Å². The molecule has 0 N–H and O–H groups in total. The fourth-order valence-corrected chi connectivity index (χ4v) is 3.31. The van der Waals surface area contributed by atoms with Gasteiger partial charge in [-0.1, -0.05) is 46.6 Å². The van der Waals surface area contributed by atoms with Gasteiger partial charge >= 0.3 is 0 Å². The number of rotatable bonds is 5. The summed E-state index contributed by atoms with van der Waals surface area (Å²) in [6.07, 6.45) is 2.09. The zero-order valence-corrected chi connectivity index (χ0v) is 15.3. The molecule has 0 radical (unpaired) electrons. The van der Waals surface area contributed by atoms with Crippen LogP contribution in [0.4, 0.5) is 0 Å². The van der Waals surface area contributed by atoms with Crippen molar-refractivity contribution in [1.82, 2.24) is 0 Å². The fourth-order valence-electron chi connectivity index (χ4n) is 1.81. The van der Waals surface area contributed by atoms with E-state index in [-0.39, 0.29) is 22.5 Å². The number of hydrogen-bond donors (Lipinski definition) is 0. The monoisotopic (exact) mass is 280 g/mol. The first-order valence-electron chi connectivity index (χ1n) is 7.12. The highest BCUT2D eigenvalue weighted by Crippen LogP contribution is 2.41. The maximum absolute atomic E-state index is 6.64. The molecule has 1 nitrogen and oxygen atoms in total. The Morgan fingerprint density at radius 1 is 1.16 bits per heavy atom. The van der Waals surface area contributed by atoms with Gasteiger partial charge in [0.1, 0.15) is 0 Å². The normalized spacial score (nSPS) is 16.3. The van der Waals surface area contributed by atoms with Crippen molar-refractivity contribution < 1.29 is 4.43 Å². The van der Waals surface area contributed by atoms with Crippen LogP contribution in [0.3, 0.4) is 0 Å². The van der Waals surface area contributed by atoms with Gasteiger partial charge in [0.15, 0.2) is 8.32 Å². The Kier molecular flexibility index (Phi) is 6.11. The van der Waals surface area contributed by atoms with Crippen LogP contribution in [0.25, 0.3) is 0 Å². The third-order valence-electron chi connectivity index (χ3n) is 4.31. The molecule has 110 valence electrons. The predicted octanol–water partition coefficient (Wildman–Crippen LogP) is 5.25. The van der Waals surface area contributed by atoms with Crippen molar-refractivity contribution in [2.45, 2.75) is 72.7 Å². The highest BCUT2D eigenvalue weighted by molar-refractivity contribution is 6.74. The minimum atomic E-state index is -1.80. The molecule has 2 heteroatoms. The van der Waals surface area contributed by atoms with E-state index in [0.717, 1.165) is 0 Å². The Morgan fingerprint density at radius 3 is 1.95 bits per heavy atom. The summed E-state index contributed by atoms with van der Waals surface area (Å²) in [5, 5.41) is 0.210. The largest absolute Gasteiger partial charge is 0.412 e. The molecular weight excluding hydrogens is 248 g/mol. The molecule has 0 rings (SSSR count). The average molecular weight is 281 g/mol. The van der Waals surface area contributed by atoms with Gasteiger partial charge in [0.05, 0.1) is 6.10 Å². The molecule has 0 saturated carbocycles. The minimum absolute atomic E-state index is 0.0706. The molecule has 0 unspecified atom stereocenters. The molecule has 0 aliphatic heterocycles. The summed E-state index contributed by atoms with van der Waals surface area (Å²) in [5.74, 6) is 6.49. The topological polar surface area (TPSA) is 9.23 Å². The number of hydrogen-bond acceptors (Lipinski definition) is 1. The van der Waals surface area contributed by atoms with Crippen LogP contribution in [-0.2, 0) is 4.43 Å². The molecule has 0 aromatic rings. The van der Waals surface area contributed by atoms with Crippen LogP contribution in [0.15, 0.2) is 12.7 Å². The summed E-state index contributed by atoms with van der Waals surface area (Å²) < 4.78 is 6.64. The van der Waals surface area contributed by atoms with E-state index >= 15 is 0 Å². The van der Waals surface area contributed by atoms with Gasteiger partial charge in [0.25, 0.3) is 0 Å². The second-order valence-electron chi connectivity index (χ2n) is 7.51. The molecule has 0 heterocycles. The SMILES string of the molecule is C=CC(C)(C)[C@@H](O[Si](C)(C)C(C)(C)C)[C@@H](C)C#CC. The van der Waals surface area contributed by atoms with Gasteiger partial charge in [-0.3, -0.25) is 0 Å². The van der Waals surface area contributed by atoms with Gasteiger partial charge in [-0.15, -0.1) is 12.5 Å². The summed E-state index contributed by atoms with van der Waals surface area (Å²) in [7, 11) is -1.80. The van der Waals surface area contributed by atoms with Crippen LogP contribution in [0.2, 0.25) is 18.1 Å². The molecular formula is C17H32OSi. The van der Waals surface area contributed by atoms with E-state index < -0.39 is 8.32 Å². The van der Waals surface area contributed by atoms with Crippen molar-refractivity contribution in [2.75, 3.05) is 0 Å². The molecule has 0 aromatic heterocycles. The lowest BCUT2D eigenvalue weighted by atomic mass is 9.80. The van der Waals surface area contributed by atoms with E-state index in [9.17, 15) is 0 Å². The van der Waals surface area contributed by atoms with Crippen LogP contribution in [-0.4, -0.2) is 14.4 Å². The molecule has 0 bridgehead atoms. The van der Waals surface area contributed by atoms with Crippen LogP contribution >= 0.6 is 0 Å². The highest BCUT2D eigenvalue weighted by atomic mass is 28.4. The van der Waals surface area contributed by atoms with Gasteiger partial charge in [0.2, 0.25) is 0 Å². The fraction of sp³-hybridized carbons (Fsp3) is 0.765. The predicted molar refractivity (Wildman–Crippen MR) is 88.7 cm³/mol. The molecule has 2 atom stereocenters. The van der Waals surface area contributed by atoms with Crippen molar-refractivity contribution in [3.63, 3.8) is 0 Å². The maximum Gasteiger partial charge on any atom is 0.192 e. The first kappa shape index (κ1) is 18.5. The quantitative estimate of drug-likeness (QED) is 0.380. The molecule has 0 saturated heterocycles. The molecule has 0 aliphatic carbocycles. The lowest BCUT2D eigenvalue weighted by molar-refractivity contribution is 0.0644. The van der Waals surface area contributed by atoms with Gasteiger partial charge in [0, 0.05) is 11.3 Å². The van der Waals surface area contributed by atoms with Crippen LogP contribution in [0.1, 0.15) is 48.5 Å². The smallest absolute Gasteiger partial charge is 0.192 e. The summed E-state index contributed by atoms with van der Waals surface area (Å²) >= 11 is 0. The zero-order chi connectivity index (χ0) is 15.5. The molecule has 19 heavy (non-hydrogen) atoms. The van der Waals surface area contributed by atoms with Crippen molar-refractivity contribution in [3.8, 4) is 11.8 Å². The summed E-state index contributed by atoms with van der Waals surface area (Å²) in [4.78, 5) is 0. The summed E-state index contributed by atoms with van der Waals surface area (Å²) in [6.45, 7) is 23.8. The van der Waals surface area contributed by atoms with E-state index in [0.29, 0.717) is 0 Å². The van der Waals surface area contributed by atoms with E-state index in [1.54, 1.807) is 0 Å². The van der Waals surface area contributed by atoms with E-state index in [1.807, 2.05) is 13.0 Å². The van der Waals surface area contributed by atoms with E-state index in [2.05, 4.69) is 73.1 Å². The van der Waals surface area contributed by atoms with Crippen molar-refractivity contribution in [1.29, 1.82) is 0 Å². The van der Waals surface area contributed by atoms with Gasteiger partial charge in [-0.05, 0) is 32.0 Å². The zero-order valence-electron chi connectivity index (χ0n) is 14.3. The Balaban J connectivity index is 5.40. The molecule has 0 amide bonds. The molecule has 0 aromatic carbocycles. The first-order chi connectivity index (χ1) is 8.39. The third-order valence-corrected chi connectivity index (χ3v) is 8.77. The lowest BCUT2D eigenvalue weighted by Crippen LogP contribution is -2.49. The van der Waals surface area contributed by atoms with Crippen LogP contribution in [0.5, 0.6) is 0 Å². The average Bonchev–Trinajstić information content (AvgIpc) is 2.24. The van der Waals surface area contributed by atoms with Crippen molar-refractivity contribution >= 4 is 8.32 Å². The van der Waals surface area contributed by atoms with Gasteiger partial charge in [-0.25, -0.2) is 0 Å². The maximum atomic E-state index is 6.64. The molecule has 0 spiro atoms. The Hall–Kier alpha value is -0.523. The summed E-state index contributed by atoms with van der Waals surface area (Å²) in [5.41, 5.74) is -0.0706. The summed E-state index contributed by atoms with van der Waals surface area (Å²) in [6, 6.07) is 0. The molecule has 0 fully saturated rings. The standard InChI is InChI=1S/C17H32OSi/c1-11-13-14(3)15(17(7,8)12-2)18-19(9,10)16(4,5)6/h12,14-15H,2H2,1,3-10H3/t14-,15-/m0/s1. The Labute approximate surface area is 122 Å². The Bertz CT molecular complexity index is 363. The van der Waals surface area contributed by atoms with Gasteiger partial charge < -0.3 is 4.43 Å². The lowest BCUT2D eigenvalue weighted by Gasteiger charge is -2.44. The molecule has 0 aliphatic rings. The third kappa shape index (κ3) is 4.82. The van der Waals surface area contributed by atoms with Crippen LogP contribution < -0.4 is 0 Å². The van der Waals surface area contributed by atoms with E-state index in [1.165, 1.54) is 0 Å². The minimum Gasteiger partial charge on any atom is -0.412 e. The van der Waals surface area contributed by atoms with Gasteiger partial charge in [-0.2, -0.15) is 0 Å². The first-order valence-corrected chi connectivity index (χ1v) is 10.0. The van der Waals surface area contributed by atoms with Crippen LogP contribution in [0, 0.1) is 23.2 Å². The Morgan fingerprint density at radius 2 is 1.63 bits per heavy atom. The van der Waals surface area contributed by atoms with Crippen molar-refractivity contribution in [2.24, 2.45) is 11.3 Å². The second-order valence-corrected chi connectivity index (χ2v) is 12.3.